The van der Waals surface area contributed by atoms with E-state index in [0.29, 0.717) is 10.9 Å². The zero-order valence-electron chi connectivity index (χ0n) is 20.6. The normalized spacial score (nSPS) is 22.6. The maximum atomic E-state index is 14.2. The number of carboxylic acid groups (broad SMARTS) is 1. The van der Waals surface area contributed by atoms with E-state index in [9.17, 15) is 17.6 Å². The highest BCUT2D eigenvalue weighted by Gasteiger charge is 2.30. The third-order valence-electron chi connectivity index (χ3n) is 7.50. The van der Waals surface area contributed by atoms with Gasteiger partial charge in [0.2, 0.25) is 0 Å². The molecule has 0 amide bonds. The van der Waals surface area contributed by atoms with Crippen LogP contribution in [0.15, 0.2) is 28.6 Å². The molecule has 0 aliphatic heterocycles. The van der Waals surface area contributed by atoms with E-state index in [0.717, 1.165) is 48.8 Å². The number of anilines is 1. The standard InChI is InChI=1S/C26H33FN2O5S2/c1-3-4-16-5-7-17(8-6-16)18-9-11-19(12-10-18)25-28-24(15-35-25)36(32,33)29-22-14-21(27)20(26(30)31)13-23(22)34-2/h11,13-18,29H,3-10,12H2,1-2H3,(H,30,31). The number of nitrogens with zero attached hydrogens (tertiary/aromatic N) is 1. The molecule has 2 aliphatic rings. The third-order valence-corrected chi connectivity index (χ3v) is 9.82. The van der Waals surface area contributed by atoms with E-state index in [1.165, 1.54) is 62.4 Å². The van der Waals surface area contributed by atoms with Crippen molar-refractivity contribution in [2.75, 3.05) is 11.8 Å². The molecule has 10 heteroatoms. The van der Waals surface area contributed by atoms with Gasteiger partial charge in [-0.05, 0) is 61.5 Å². The smallest absolute Gasteiger partial charge is 0.338 e. The average Bonchev–Trinajstić information content (AvgIpc) is 3.36. The van der Waals surface area contributed by atoms with E-state index in [-0.39, 0.29) is 16.5 Å². The summed E-state index contributed by atoms with van der Waals surface area (Å²) >= 11 is 1.27. The Bertz CT molecular complexity index is 1230. The van der Waals surface area contributed by atoms with E-state index in [1.807, 2.05) is 0 Å². The Morgan fingerprint density at radius 3 is 2.58 bits per heavy atom. The van der Waals surface area contributed by atoms with E-state index in [2.05, 4.69) is 22.7 Å². The minimum absolute atomic E-state index is 0.0995. The highest BCUT2D eigenvalue weighted by molar-refractivity contribution is 7.92. The second-order valence-electron chi connectivity index (χ2n) is 9.77. The van der Waals surface area contributed by atoms with Crippen molar-refractivity contribution < 1.29 is 27.4 Å². The molecule has 36 heavy (non-hydrogen) atoms. The van der Waals surface area contributed by atoms with E-state index in [4.69, 9.17) is 9.84 Å². The van der Waals surface area contributed by atoms with Crippen molar-refractivity contribution >= 4 is 38.6 Å². The molecule has 1 saturated carbocycles. The van der Waals surface area contributed by atoms with Crippen LogP contribution in [-0.2, 0) is 10.0 Å². The van der Waals surface area contributed by atoms with Crippen LogP contribution in [0.5, 0.6) is 5.75 Å². The maximum absolute atomic E-state index is 14.2. The number of aromatic carboxylic acids is 1. The Kier molecular flexibility index (Phi) is 8.34. The molecule has 1 aromatic carbocycles. The van der Waals surface area contributed by atoms with Gasteiger partial charge in [0.25, 0.3) is 10.0 Å². The number of hydrogen-bond donors (Lipinski definition) is 2. The number of hydrogen-bond acceptors (Lipinski definition) is 6. The Morgan fingerprint density at radius 1 is 1.22 bits per heavy atom. The first-order valence-corrected chi connectivity index (χ1v) is 14.9. The van der Waals surface area contributed by atoms with Crippen molar-refractivity contribution in [2.45, 2.75) is 69.7 Å². The summed E-state index contributed by atoms with van der Waals surface area (Å²) in [6.45, 7) is 2.26. The molecular formula is C26H33FN2O5S2. The molecule has 2 N–H and O–H groups in total. The van der Waals surface area contributed by atoms with Gasteiger partial charge in [-0.1, -0.05) is 38.7 Å². The lowest BCUT2D eigenvalue weighted by Crippen LogP contribution is -2.23. The number of thiazole rings is 1. The number of allylic oxidation sites excluding steroid dienone is 2. The average molecular weight is 537 g/mol. The SMILES string of the molecule is CCCC1CCC(C2CC=C(c3nc(S(=O)(=O)Nc4cc(F)c(C(=O)O)cc4OC)cs3)CC2)CC1. The summed E-state index contributed by atoms with van der Waals surface area (Å²) in [6.07, 6.45) is 13.2. The molecule has 1 unspecified atom stereocenters. The van der Waals surface area contributed by atoms with Crippen molar-refractivity contribution in [1.82, 2.24) is 4.98 Å². The molecule has 1 fully saturated rings. The molecule has 0 spiro atoms. The number of carboxylic acids is 1. The van der Waals surface area contributed by atoms with Crippen LogP contribution < -0.4 is 9.46 Å². The van der Waals surface area contributed by atoms with Gasteiger partial charge in [0.05, 0.1) is 18.4 Å². The fourth-order valence-corrected chi connectivity index (χ4v) is 7.75. The topological polar surface area (TPSA) is 106 Å². The summed E-state index contributed by atoms with van der Waals surface area (Å²) in [4.78, 5) is 15.5. The van der Waals surface area contributed by atoms with Crippen LogP contribution in [0, 0.1) is 23.6 Å². The maximum Gasteiger partial charge on any atom is 0.338 e. The van der Waals surface area contributed by atoms with Gasteiger partial charge in [0.15, 0.2) is 5.03 Å². The summed E-state index contributed by atoms with van der Waals surface area (Å²) in [7, 11) is -2.88. The molecule has 1 heterocycles. The first-order valence-electron chi connectivity index (χ1n) is 12.5. The van der Waals surface area contributed by atoms with Crippen LogP contribution in [0.3, 0.4) is 0 Å². The number of ether oxygens (including phenoxy) is 1. The van der Waals surface area contributed by atoms with Gasteiger partial charge in [0, 0.05) is 11.4 Å². The lowest BCUT2D eigenvalue weighted by Gasteiger charge is -2.35. The summed E-state index contributed by atoms with van der Waals surface area (Å²) in [5.41, 5.74) is 0.275. The zero-order chi connectivity index (χ0) is 25.9. The van der Waals surface area contributed by atoms with Gasteiger partial charge in [-0.2, -0.15) is 8.42 Å². The molecule has 2 aliphatic carbocycles. The molecule has 2 aromatic rings. The van der Waals surface area contributed by atoms with Crippen LogP contribution >= 0.6 is 11.3 Å². The lowest BCUT2D eigenvalue weighted by molar-refractivity contribution is 0.0691. The molecule has 7 nitrogen and oxygen atoms in total. The zero-order valence-corrected chi connectivity index (χ0v) is 22.3. The Labute approximate surface area is 215 Å². The van der Waals surface area contributed by atoms with Crippen LogP contribution in [-0.4, -0.2) is 31.6 Å². The molecule has 1 atom stereocenters. The Morgan fingerprint density at radius 2 is 1.97 bits per heavy atom. The number of halogens is 1. The van der Waals surface area contributed by atoms with Crippen molar-refractivity contribution in [3.63, 3.8) is 0 Å². The number of methoxy groups -OCH3 is 1. The quantitative estimate of drug-likeness (QED) is 0.375. The molecule has 4 rings (SSSR count). The highest BCUT2D eigenvalue weighted by atomic mass is 32.2. The number of sulfonamides is 1. The van der Waals surface area contributed by atoms with Gasteiger partial charge in [-0.25, -0.2) is 14.2 Å². The molecule has 0 radical (unpaired) electrons. The number of benzene rings is 1. The third kappa shape index (κ3) is 5.91. The first kappa shape index (κ1) is 26.6. The van der Waals surface area contributed by atoms with Crippen molar-refractivity contribution in [2.24, 2.45) is 17.8 Å². The number of rotatable bonds is 9. The monoisotopic (exact) mass is 536 g/mol. The molecular weight excluding hydrogens is 503 g/mol. The number of nitrogens with one attached hydrogen (secondary N) is 1. The minimum atomic E-state index is -4.12. The van der Waals surface area contributed by atoms with Crippen molar-refractivity contribution in [3.05, 3.63) is 40.0 Å². The summed E-state index contributed by atoms with van der Waals surface area (Å²) in [6, 6.07) is 1.74. The summed E-state index contributed by atoms with van der Waals surface area (Å²) in [5, 5.41) is 11.1. The van der Waals surface area contributed by atoms with Crippen LogP contribution in [0.4, 0.5) is 10.1 Å². The van der Waals surface area contributed by atoms with Gasteiger partial charge in [-0.15, -0.1) is 11.3 Å². The second-order valence-corrected chi connectivity index (χ2v) is 12.3. The van der Waals surface area contributed by atoms with E-state index in [1.54, 1.807) is 0 Å². The largest absolute Gasteiger partial charge is 0.495 e. The van der Waals surface area contributed by atoms with Crippen LogP contribution in [0.1, 0.15) is 80.1 Å². The molecule has 1 aromatic heterocycles. The second kappa shape index (κ2) is 11.3. The number of carbonyl (C=O) groups is 1. The minimum Gasteiger partial charge on any atom is -0.495 e. The first-order chi connectivity index (χ1) is 17.2. The van der Waals surface area contributed by atoms with Gasteiger partial charge in [0.1, 0.15) is 16.6 Å². The number of aromatic nitrogens is 1. The fourth-order valence-electron chi connectivity index (χ4n) is 5.53. The van der Waals surface area contributed by atoms with Crippen LogP contribution in [0.2, 0.25) is 0 Å². The van der Waals surface area contributed by atoms with Crippen molar-refractivity contribution in [3.8, 4) is 5.75 Å². The van der Waals surface area contributed by atoms with Crippen molar-refractivity contribution in [1.29, 1.82) is 0 Å². The predicted molar refractivity (Wildman–Crippen MR) is 139 cm³/mol. The highest BCUT2D eigenvalue weighted by Crippen LogP contribution is 2.42. The van der Waals surface area contributed by atoms with Crippen LogP contribution in [0.25, 0.3) is 5.57 Å². The summed E-state index contributed by atoms with van der Waals surface area (Å²) < 4.78 is 47.4. The molecule has 0 bridgehead atoms. The lowest BCUT2D eigenvalue weighted by atomic mass is 9.71. The predicted octanol–water partition coefficient (Wildman–Crippen LogP) is 6.58. The molecule has 196 valence electrons. The summed E-state index contributed by atoms with van der Waals surface area (Å²) in [5.74, 6) is -0.265. The van der Waals surface area contributed by atoms with Gasteiger partial charge >= 0.3 is 5.97 Å². The Balaban J connectivity index is 1.43. The van der Waals surface area contributed by atoms with E-state index < -0.39 is 27.4 Å². The van der Waals surface area contributed by atoms with Gasteiger partial charge in [-0.3, -0.25) is 4.72 Å². The fraction of sp³-hybridized carbons (Fsp3) is 0.538. The van der Waals surface area contributed by atoms with E-state index >= 15 is 0 Å². The van der Waals surface area contributed by atoms with Gasteiger partial charge < -0.3 is 9.84 Å². The Hall–Kier alpha value is -2.46. The molecule has 0 saturated heterocycles.